The second-order valence-electron chi connectivity index (χ2n) is 5.68. The standard InChI is InChI=1S/C16H24FNO/c1-5-6-7-8-19-15-10-13(9-14(17)11-15)12-18-16(2,3)4/h5,9-11,18H,1,6-8,12H2,2-4H3. The summed E-state index contributed by atoms with van der Waals surface area (Å²) >= 11 is 0. The molecule has 19 heavy (non-hydrogen) atoms. The van der Waals surface area contributed by atoms with E-state index in [9.17, 15) is 4.39 Å². The van der Waals surface area contributed by atoms with E-state index >= 15 is 0 Å². The topological polar surface area (TPSA) is 21.3 Å². The molecule has 1 aromatic carbocycles. The quantitative estimate of drug-likeness (QED) is 0.593. The number of rotatable bonds is 7. The normalized spacial score (nSPS) is 11.4. The fourth-order valence-corrected chi connectivity index (χ4v) is 1.59. The van der Waals surface area contributed by atoms with Gasteiger partial charge in [-0.05, 0) is 51.3 Å². The van der Waals surface area contributed by atoms with Gasteiger partial charge in [0.25, 0.3) is 0 Å². The minimum absolute atomic E-state index is 0.0112. The molecule has 0 aliphatic heterocycles. The maximum Gasteiger partial charge on any atom is 0.127 e. The fourth-order valence-electron chi connectivity index (χ4n) is 1.59. The zero-order valence-corrected chi connectivity index (χ0v) is 12.1. The molecule has 2 nitrogen and oxygen atoms in total. The van der Waals surface area contributed by atoms with Gasteiger partial charge in [0.2, 0.25) is 0 Å². The van der Waals surface area contributed by atoms with Gasteiger partial charge < -0.3 is 10.1 Å². The molecule has 0 saturated carbocycles. The van der Waals surface area contributed by atoms with Gasteiger partial charge in [0.05, 0.1) is 6.61 Å². The van der Waals surface area contributed by atoms with Crippen LogP contribution in [0.25, 0.3) is 0 Å². The first-order valence-corrected chi connectivity index (χ1v) is 6.69. The van der Waals surface area contributed by atoms with Crippen molar-refractivity contribution in [2.75, 3.05) is 6.61 Å². The first kappa shape index (κ1) is 15.7. The Morgan fingerprint density at radius 3 is 2.68 bits per heavy atom. The maximum absolute atomic E-state index is 13.5. The van der Waals surface area contributed by atoms with E-state index < -0.39 is 0 Å². The summed E-state index contributed by atoms with van der Waals surface area (Å²) in [4.78, 5) is 0. The SMILES string of the molecule is C=CCCCOc1cc(F)cc(CNC(C)(C)C)c1. The van der Waals surface area contributed by atoms with E-state index in [1.807, 2.05) is 12.1 Å². The van der Waals surface area contributed by atoms with Crippen LogP contribution in [0.2, 0.25) is 0 Å². The Hall–Kier alpha value is -1.35. The summed E-state index contributed by atoms with van der Waals surface area (Å²) in [6.45, 7) is 11.1. The van der Waals surface area contributed by atoms with Crippen molar-refractivity contribution in [1.82, 2.24) is 5.32 Å². The molecule has 1 rings (SSSR count). The van der Waals surface area contributed by atoms with Crippen LogP contribution < -0.4 is 10.1 Å². The lowest BCUT2D eigenvalue weighted by Crippen LogP contribution is -2.35. The number of unbranched alkanes of at least 4 members (excludes halogenated alkanes) is 1. The van der Waals surface area contributed by atoms with Crippen LogP contribution in [0.4, 0.5) is 4.39 Å². The number of benzene rings is 1. The summed E-state index contributed by atoms with van der Waals surface area (Å²) in [6, 6.07) is 4.85. The Balaban J connectivity index is 2.58. The van der Waals surface area contributed by atoms with Gasteiger partial charge in [0, 0.05) is 18.2 Å². The highest BCUT2D eigenvalue weighted by Gasteiger charge is 2.09. The Kier molecular flexibility index (Phi) is 6.03. The molecule has 0 amide bonds. The minimum Gasteiger partial charge on any atom is -0.493 e. The summed E-state index contributed by atoms with van der Waals surface area (Å²) in [5, 5.41) is 3.33. The summed E-state index contributed by atoms with van der Waals surface area (Å²) in [5.74, 6) is 0.335. The van der Waals surface area contributed by atoms with Gasteiger partial charge in [-0.15, -0.1) is 6.58 Å². The highest BCUT2D eigenvalue weighted by atomic mass is 19.1. The van der Waals surface area contributed by atoms with E-state index in [1.54, 1.807) is 0 Å². The predicted molar refractivity (Wildman–Crippen MR) is 77.9 cm³/mol. The lowest BCUT2D eigenvalue weighted by Gasteiger charge is -2.20. The average molecular weight is 265 g/mol. The molecule has 0 aliphatic rings. The lowest BCUT2D eigenvalue weighted by molar-refractivity contribution is 0.310. The number of hydrogen-bond acceptors (Lipinski definition) is 2. The third kappa shape index (κ3) is 6.97. The molecule has 0 radical (unpaired) electrons. The molecular formula is C16H24FNO. The summed E-state index contributed by atoms with van der Waals surface area (Å²) in [5.41, 5.74) is 0.908. The number of nitrogens with one attached hydrogen (secondary N) is 1. The Morgan fingerprint density at radius 1 is 1.32 bits per heavy atom. The van der Waals surface area contributed by atoms with Crippen LogP contribution in [-0.4, -0.2) is 12.1 Å². The number of ether oxygens (including phenoxy) is 1. The number of allylic oxidation sites excluding steroid dienone is 1. The van der Waals surface area contributed by atoms with Crippen LogP contribution in [0.3, 0.4) is 0 Å². The van der Waals surface area contributed by atoms with E-state index in [0.717, 1.165) is 18.4 Å². The Bertz CT molecular complexity index is 410. The van der Waals surface area contributed by atoms with Crippen LogP contribution in [0, 0.1) is 5.82 Å². The van der Waals surface area contributed by atoms with Crippen molar-refractivity contribution in [3.05, 3.63) is 42.2 Å². The monoisotopic (exact) mass is 265 g/mol. The zero-order chi connectivity index (χ0) is 14.3. The molecule has 0 atom stereocenters. The van der Waals surface area contributed by atoms with Gasteiger partial charge in [0.1, 0.15) is 11.6 Å². The molecule has 1 N–H and O–H groups in total. The molecule has 0 saturated heterocycles. The molecule has 3 heteroatoms. The van der Waals surface area contributed by atoms with Crippen molar-refractivity contribution in [1.29, 1.82) is 0 Å². The fraction of sp³-hybridized carbons (Fsp3) is 0.500. The van der Waals surface area contributed by atoms with Gasteiger partial charge in [-0.1, -0.05) is 6.08 Å². The molecule has 0 unspecified atom stereocenters. The maximum atomic E-state index is 13.5. The van der Waals surface area contributed by atoms with Gasteiger partial charge in [-0.3, -0.25) is 0 Å². The van der Waals surface area contributed by atoms with Gasteiger partial charge >= 0.3 is 0 Å². The largest absolute Gasteiger partial charge is 0.493 e. The van der Waals surface area contributed by atoms with E-state index in [-0.39, 0.29) is 11.4 Å². The molecule has 0 heterocycles. The minimum atomic E-state index is -0.257. The second-order valence-corrected chi connectivity index (χ2v) is 5.68. The molecule has 0 fully saturated rings. The van der Waals surface area contributed by atoms with Crippen molar-refractivity contribution in [3.8, 4) is 5.75 Å². The number of halogens is 1. The van der Waals surface area contributed by atoms with Gasteiger partial charge in [-0.25, -0.2) is 4.39 Å². The lowest BCUT2D eigenvalue weighted by atomic mass is 10.1. The van der Waals surface area contributed by atoms with E-state index in [0.29, 0.717) is 18.9 Å². The third-order valence-corrected chi connectivity index (χ3v) is 2.58. The van der Waals surface area contributed by atoms with Crippen molar-refractivity contribution in [2.24, 2.45) is 0 Å². The zero-order valence-electron chi connectivity index (χ0n) is 12.1. The van der Waals surface area contributed by atoms with Crippen molar-refractivity contribution in [2.45, 2.75) is 45.7 Å². The second kappa shape index (κ2) is 7.29. The average Bonchev–Trinajstić information content (AvgIpc) is 2.31. The molecule has 0 bridgehead atoms. The molecule has 1 aromatic rings. The van der Waals surface area contributed by atoms with E-state index in [1.165, 1.54) is 12.1 Å². The van der Waals surface area contributed by atoms with E-state index in [4.69, 9.17) is 4.74 Å². The van der Waals surface area contributed by atoms with E-state index in [2.05, 4.69) is 32.7 Å². The predicted octanol–water partition coefficient (Wildman–Crippen LogP) is 4.06. The molecule has 0 spiro atoms. The van der Waals surface area contributed by atoms with Gasteiger partial charge in [-0.2, -0.15) is 0 Å². The van der Waals surface area contributed by atoms with Gasteiger partial charge in [0.15, 0.2) is 0 Å². The highest BCUT2D eigenvalue weighted by molar-refractivity contribution is 5.29. The van der Waals surface area contributed by atoms with Crippen LogP contribution in [0.15, 0.2) is 30.9 Å². The molecule has 0 aliphatic carbocycles. The number of hydrogen-bond donors (Lipinski definition) is 1. The van der Waals surface area contributed by atoms with Crippen LogP contribution in [-0.2, 0) is 6.54 Å². The molecule has 0 aromatic heterocycles. The van der Waals surface area contributed by atoms with Crippen molar-refractivity contribution >= 4 is 0 Å². The summed E-state index contributed by atoms with van der Waals surface area (Å²) < 4.78 is 19.0. The Labute approximate surface area is 115 Å². The van der Waals surface area contributed by atoms with Crippen LogP contribution >= 0.6 is 0 Å². The van der Waals surface area contributed by atoms with Crippen LogP contribution in [0.1, 0.15) is 39.2 Å². The Morgan fingerprint density at radius 2 is 2.05 bits per heavy atom. The smallest absolute Gasteiger partial charge is 0.127 e. The highest BCUT2D eigenvalue weighted by Crippen LogP contribution is 2.17. The van der Waals surface area contributed by atoms with Crippen molar-refractivity contribution < 1.29 is 9.13 Å². The summed E-state index contributed by atoms with van der Waals surface area (Å²) in [7, 11) is 0. The first-order valence-electron chi connectivity index (χ1n) is 6.69. The molecular weight excluding hydrogens is 241 g/mol. The van der Waals surface area contributed by atoms with Crippen molar-refractivity contribution in [3.63, 3.8) is 0 Å². The molecule has 106 valence electrons. The van der Waals surface area contributed by atoms with Crippen LogP contribution in [0.5, 0.6) is 5.75 Å². The summed E-state index contributed by atoms with van der Waals surface area (Å²) in [6.07, 6.45) is 3.66. The third-order valence-electron chi connectivity index (χ3n) is 2.58. The first-order chi connectivity index (χ1) is 8.90.